The number of hydrogen-bond acceptors (Lipinski definition) is 1. The predicted octanol–water partition coefficient (Wildman–Crippen LogP) is 3.09. The fraction of sp³-hybridized carbons (Fsp3) is 0.727. The molecule has 0 aromatic heterocycles. The number of rotatable bonds is 5. The van der Waals surface area contributed by atoms with Gasteiger partial charge in [0.25, 0.3) is 0 Å². The van der Waals surface area contributed by atoms with Gasteiger partial charge in [0.2, 0.25) is 0 Å². The molecule has 2 heteroatoms. The number of aliphatic carboxylic acids is 1. The molecule has 2 atom stereocenters. The molecule has 0 aromatic rings. The van der Waals surface area contributed by atoms with Crippen LogP contribution < -0.4 is 0 Å². The molecule has 0 rings (SSSR count). The molecule has 0 saturated heterocycles. The van der Waals surface area contributed by atoms with Crippen molar-refractivity contribution >= 4 is 5.97 Å². The van der Waals surface area contributed by atoms with Crippen LogP contribution in [0.4, 0.5) is 0 Å². The van der Waals surface area contributed by atoms with Crippen molar-refractivity contribution in [1.82, 2.24) is 0 Å². The molecule has 1 N–H and O–H groups in total. The standard InChI is InChI=1S/C11H20O2/c1-5-8(2)6-9(3)7-10(4)11(12)13/h7-9H,5-6H2,1-4H3,(H,12,13). The first-order valence-corrected chi connectivity index (χ1v) is 4.89. The fourth-order valence-corrected chi connectivity index (χ4v) is 1.37. The summed E-state index contributed by atoms with van der Waals surface area (Å²) < 4.78 is 0. The third-order valence-electron chi connectivity index (χ3n) is 2.34. The first-order valence-electron chi connectivity index (χ1n) is 4.89. The summed E-state index contributed by atoms with van der Waals surface area (Å²) in [4.78, 5) is 10.5. The molecule has 0 heterocycles. The molecule has 13 heavy (non-hydrogen) atoms. The van der Waals surface area contributed by atoms with E-state index in [-0.39, 0.29) is 0 Å². The van der Waals surface area contributed by atoms with E-state index in [1.807, 2.05) is 6.08 Å². The van der Waals surface area contributed by atoms with Crippen LogP contribution in [0, 0.1) is 11.8 Å². The molecule has 2 nitrogen and oxygen atoms in total. The number of carboxylic acids is 1. The summed E-state index contributed by atoms with van der Waals surface area (Å²) in [5.41, 5.74) is 0.454. The zero-order chi connectivity index (χ0) is 10.4. The van der Waals surface area contributed by atoms with Crippen LogP contribution >= 0.6 is 0 Å². The monoisotopic (exact) mass is 184 g/mol. The van der Waals surface area contributed by atoms with Gasteiger partial charge in [-0.2, -0.15) is 0 Å². The average Bonchev–Trinajstić information content (AvgIpc) is 2.03. The molecule has 0 aliphatic heterocycles. The Hall–Kier alpha value is -0.790. The van der Waals surface area contributed by atoms with Crippen LogP contribution in [0.5, 0.6) is 0 Å². The van der Waals surface area contributed by atoms with Crippen molar-refractivity contribution in [2.45, 2.75) is 40.5 Å². The van der Waals surface area contributed by atoms with Crippen LogP contribution in [0.2, 0.25) is 0 Å². The topological polar surface area (TPSA) is 37.3 Å². The Morgan fingerprint density at radius 3 is 2.38 bits per heavy atom. The maximum atomic E-state index is 10.5. The van der Waals surface area contributed by atoms with E-state index in [0.717, 1.165) is 12.8 Å². The lowest BCUT2D eigenvalue weighted by atomic mass is 9.94. The van der Waals surface area contributed by atoms with Gasteiger partial charge in [-0.15, -0.1) is 0 Å². The van der Waals surface area contributed by atoms with Gasteiger partial charge in [-0.05, 0) is 25.2 Å². The largest absolute Gasteiger partial charge is 0.478 e. The van der Waals surface area contributed by atoms with Crippen molar-refractivity contribution in [3.63, 3.8) is 0 Å². The third kappa shape index (κ3) is 5.45. The minimum Gasteiger partial charge on any atom is -0.478 e. The lowest BCUT2D eigenvalue weighted by molar-refractivity contribution is -0.132. The van der Waals surface area contributed by atoms with Gasteiger partial charge in [0.1, 0.15) is 0 Å². The van der Waals surface area contributed by atoms with E-state index >= 15 is 0 Å². The Balaban J connectivity index is 4.06. The summed E-state index contributed by atoms with van der Waals surface area (Å²) in [7, 11) is 0. The summed E-state index contributed by atoms with van der Waals surface area (Å²) in [5, 5.41) is 8.65. The van der Waals surface area contributed by atoms with Crippen molar-refractivity contribution in [3.8, 4) is 0 Å². The van der Waals surface area contributed by atoms with Gasteiger partial charge < -0.3 is 5.11 Å². The van der Waals surface area contributed by atoms with E-state index < -0.39 is 5.97 Å². The van der Waals surface area contributed by atoms with E-state index in [1.165, 1.54) is 0 Å². The molecule has 0 aliphatic carbocycles. The summed E-state index contributed by atoms with van der Waals surface area (Å²) in [6.45, 7) is 8.07. The zero-order valence-electron chi connectivity index (χ0n) is 9.00. The molecule has 0 aliphatic rings. The molecular weight excluding hydrogens is 164 g/mol. The van der Waals surface area contributed by atoms with Gasteiger partial charge in [-0.25, -0.2) is 4.79 Å². The van der Waals surface area contributed by atoms with Crippen molar-refractivity contribution in [2.24, 2.45) is 11.8 Å². The van der Waals surface area contributed by atoms with Crippen molar-refractivity contribution in [3.05, 3.63) is 11.6 Å². The van der Waals surface area contributed by atoms with Gasteiger partial charge in [0.05, 0.1) is 0 Å². The minimum atomic E-state index is -0.809. The Kier molecular flexibility index (Phi) is 5.44. The van der Waals surface area contributed by atoms with Crippen LogP contribution in [0.15, 0.2) is 11.6 Å². The van der Waals surface area contributed by atoms with Gasteiger partial charge >= 0.3 is 5.97 Å². The molecular formula is C11H20O2. The Morgan fingerprint density at radius 1 is 1.46 bits per heavy atom. The van der Waals surface area contributed by atoms with E-state index in [1.54, 1.807) is 6.92 Å². The summed E-state index contributed by atoms with van der Waals surface area (Å²) >= 11 is 0. The van der Waals surface area contributed by atoms with Crippen molar-refractivity contribution in [1.29, 1.82) is 0 Å². The zero-order valence-corrected chi connectivity index (χ0v) is 9.00. The van der Waals surface area contributed by atoms with Crippen LogP contribution in [-0.2, 0) is 4.79 Å². The predicted molar refractivity (Wildman–Crippen MR) is 54.6 cm³/mol. The SMILES string of the molecule is CCC(C)CC(C)C=C(C)C(=O)O. The van der Waals surface area contributed by atoms with E-state index in [9.17, 15) is 4.79 Å². The van der Waals surface area contributed by atoms with Crippen LogP contribution in [-0.4, -0.2) is 11.1 Å². The highest BCUT2D eigenvalue weighted by Gasteiger charge is 2.07. The van der Waals surface area contributed by atoms with Crippen molar-refractivity contribution in [2.75, 3.05) is 0 Å². The van der Waals surface area contributed by atoms with Gasteiger partial charge in [-0.1, -0.05) is 33.3 Å². The molecule has 0 aromatic carbocycles. The highest BCUT2D eigenvalue weighted by atomic mass is 16.4. The van der Waals surface area contributed by atoms with Gasteiger partial charge in [-0.3, -0.25) is 0 Å². The molecule has 2 unspecified atom stereocenters. The quantitative estimate of drug-likeness (QED) is 0.667. The minimum absolute atomic E-state index is 0.367. The normalized spacial score (nSPS) is 16.8. The van der Waals surface area contributed by atoms with Gasteiger partial charge in [0, 0.05) is 5.57 Å². The van der Waals surface area contributed by atoms with Crippen LogP contribution in [0.25, 0.3) is 0 Å². The fourth-order valence-electron chi connectivity index (χ4n) is 1.37. The lowest BCUT2D eigenvalue weighted by Gasteiger charge is -2.12. The Morgan fingerprint density at radius 2 is 2.00 bits per heavy atom. The molecule has 0 spiro atoms. The summed E-state index contributed by atoms with van der Waals surface area (Å²) in [5.74, 6) is 0.231. The number of hydrogen-bond donors (Lipinski definition) is 1. The first-order chi connectivity index (χ1) is 5.97. The van der Waals surface area contributed by atoms with E-state index in [0.29, 0.717) is 17.4 Å². The maximum Gasteiger partial charge on any atom is 0.330 e. The second kappa shape index (κ2) is 5.79. The Bertz CT molecular complexity index is 194. The number of carboxylic acid groups (broad SMARTS) is 1. The highest BCUT2D eigenvalue weighted by Crippen LogP contribution is 2.16. The molecule has 0 radical (unpaired) electrons. The van der Waals surface area contributed by atoms with Crippen LogP contribution in [0.3, 0.4) is 0 Å². The lowest BCUT2D eigenvalue weighted by Crippen LogP contribution is -2.03. The highest BCUT2D eigenvalue weighted by molar-refractivity contribution is 5.85. The van der Waals surface area contributed by atoms with Gasteiger partial charge in [0.15, 0.2) is 0 Å². The smallest absolute Gasteiger partial charge is 0.330 e. The summed E-state index contributed by atoms with van der Waals surface area (Å²) in [6.07, 6.45) is 4.07. The second-order valence-electron chi connectivity index (χ2n) is 3.88. The third-order valence-corrected chi connectivity index (χ3v) is 2.34. The van der Waals surface area contributed by atoms with E-state index in [2.05, 4.69) is 20.8 Å². The molecule has 0 saturated carbocycles. The second-order valence-corrected chi connectivity index (χ2v) is 3.88. The number of carbonyl (C=O) groups is 1. The number of allylic oxidation sites excluding steroid dienone is 1. The molecule has 0 amide bonds. The average molecular weight is 184 g/mol. The summed E-state index contributed by atoms with van der Waals surface area (Å²) in [6, 6.07) is 0. The van der Waals surface area contributed by atoms with Crippen LogP contribution in [0.1, 0.15) is 40.5 Å². The Labute approximate surface area is 80.7 Å². The molecule has 76 valence electrons. The van der Waals surface area contributed by atoms with Crippen molar-refractivity contribution < 1.29 is 9.90 Å². The maximum absolute atomic E-state index is 10.5. The van der Waals surface area contributed by atoms with E-state index in [4.69, 9.17) is 5.11 Å². The molecule has 0 bridgehead atoms. The first kappa shape index (κ1) is 12.2. The molecule has 0 fully saturated rings.